The molecule has 0 aliphatic rings. The number of carboxylic acid groups (broad SMARTS) is 1. The summed E-state index contributed by atoms with van der Waals surface area (Å²) in [6, 6.07) is 17.4. The van der Waals surface area contributed by atoms with Gasteiger partial charge in [-0.1, -0.05) is 32.0 Å². The number of imidazole rings is 1. The lowest BCUT2D eigenvalue weighted by Crippen LogP contribution is -2.22. The summed E-state index contributed by atoms with van der Waals surface area (Å²) in [5.74, 6) is -0.334. The van der Waals surface area contributed by atoms with Gasteiger partial charge >= 0.3 is 5.97 Å². The maximum Gasteiger partial charge on any atom is 0.305 e. The number of aliphatic hydroxyl groups is 2. The van der Waals surface area contributed by atoms with Gasteiger partial charge in [-0.25, -0.2) is 19.3 Å². The molecule has 204 valence electrons. The first kappa shape index (κ1) is 27.9. The van der Waals surface area contributed by atoms with E-state index in [1.54, 1.807) is 24.4 Å². The molecule has 2 heterocycles. The fourth-order valence-corrected chi connectivity index (χ4v) is 4.40. The molecule has 2 aromatic carbocycles. The van der Waals surface area contributed by atoms with Gasteiger partial charge in [0, 0.05) is 29.9 Å². The summed E-state index contributed by atoms with van der Waals surface area (Å²) in [6.45, 7) is 4.35. The van der Waals surface area contributed by atoms with E-state index in [0.717, 1.165) is 11.5 Å². The van der Waals surface area contributed by atoms with Crippen molar-refractivity contribution in [1.82, 2.24) is 19.5 Å². The number of hydrogen-bond acceptors (Lipinski definition) is 7. The first-order chi connectivity index (χ1) is 18.7. The number of nitrogens with one attached hydrogen (secondary N) is 1. The molecule has 0 saturated heterocycles. The van der Waals surface area contributed by atoms with Crippen molar-refractivity contribution in [1.29, 1.82) is 0 Å². The summed E-state index contributed by atoms with van der Waals surface area (Å²) in [6.07, 6.45) is -0.667. The van der Waals surface area contributed by atoms with Crippen LogP contribution in [-0.4, -0.2) is 53.0 Å². The van der Waals surface area contributed by atoms with Gasteiger partial charge in [-0.05, 0) is 55.3 Å². The van der Waals surface area contributed by atoms with Gasteiger partial charge in [0.25, 0.3) is 0 Å². The van der Waals surface area contributed by atoms with Crippen molar-refractivity contribution in [2.24, 2.45) is 0 Å². The summed E-state index contributed by atoms with van der Waals surface area (Å²) < 4.78 is 15.7. The molecule has 0 aliphatic heterocycles. The Balaban J connectivity index is 1.74. The molecule has 39 heavy (non-hydrogen) atoms. The van der Waals surface area contributed by atoms with Gasteiger partial charge < -0.3 is 25.2 Å². The summed E-state index contributed by atoms with van der Waals surface area (Å²) in [4.78, 5) is 24.9. The zero-order chi connectivity index (χ0) is 27.9. The highest BCUT2D eigenvalue weighted by Crippen LogP contribution is 2.35. The average Bonchev–Trinajstić information content (AvgIpc) is 3.28. The Kier molecular flexibility index (Phi) is 9.00. The Morgan fingerprint density at radius 1 is 1.00 bits per heavy atom. The van der Waals surface area contributed by atoms with Gasteiger partial charge in [-0.15, -0.1) is 0 Å². The highest BCUT2D eigenvalue weighted by molar-refractivity contribution is 5.78. The predicted octanol–water partition coefficient (Wildman–Crippen LogP) is 4.99. The number of anilines is 2. The van der Waals surface area contributed by atoms with Crippen LogP contribution in [0.2, 0.25) is 0 Å². The van der Waals surface area contributed by atoms with E-state index in [1.165, 1.54) is 12.1 Å². The molecule has 4 rings (SSSR count). The number of carboxylic acids is 1. The molecule has 0 saturated carbocycles. The zero-order valence-corrected chi connectivity index (χ0v) is 21.8. The fraction of sp³-hybridized carbons (Fsp3) is 0.310. The lowest BCUT2D eigenvalue weighted by molar-refractivity contribution is -0.139. The lowest BCUT2D eigenvalue weighted by Gasteiger charge is -2.18. The standard InChI is InChI=1S/C29H32FN5O4/c1-18(2)28-34-26(19-8-10-20(30)11-9-19)27(35(28)15-13-22(36)16-23(37)17-25(38)39)24-12-14-31-29(33-24)32-21-6-4-3-5-7-21/h3-12,14,18,22-23,36-37H,13,15-17H2,1-2H3,(H,38,39)(H,31,32,33). The van der Waals surface area contributed by atoms with E-state index in [1.807, 2.05) is 48.7 Å². The van der Waals surface area contributed by atoms with E-state index < -0.39 is 24.6 Å². The molecule has 0 amide bonds. The zero-order valence-electron chi connectivity index (χ0n) is 21.8. The molecule has 0 spiro atoms. The van der Waals surface area contributed by atoms with Crippen molar-refractivity contribution < 1.29 is 24.5 Å². The molecule has 0 radical (unpaired) electrons. The van der Waals surface area contributed by atoms with E-state index in [0.29, 0.717) is 35.1 Å². The highest BCUT2D eigenvalue weighted by Gasteiger charge is 2.24. The monoisotopic (exact) mass is 533 g/mol. The number of hydrogen-bond donors (Lipinski definition) is 4. The van der Waals surface area contributed by atoms with Crippen LogP contribution in [0.3, 0.4) is 0 Å². The van der Waals surface area contributed by atoms with Crippen LogP contribution in [-0.2, 0) is 11.3 Å². The quantitative estimate of drug-likeness (QED) is 0.200. The first-order valence-electron chi connectivity index (χ1n) is 12.8. The largest absolute Gasteiger partial charge is 0.481 e. The van der Waals surface area contributed by atoms with E-state index >= 15 is 0 Å². The molecule has 0 fully saturated rings. The third kappa shape index (κ3) is 7.24. The summed E-state index contributed by atoms with van der Waals surface area (Å²) in [7, 11) is 0. The first-order valence-corrected chi connectivity index (χ1v) is 12.8. The van der Waals surface area contributed by atoms with Crippen molar-refractivity contribution in [2.45, 2.75) is 57.8 Å². The van der Waals surface area contributed by atoms with Crippen LogP contribution in [0, 0.1) is 5.82 Å². The smallest absolute Gasteiger partial charge is 0.305 e. The Morgan fingerprint density at radius 2 is 1.72 bits per heavy atom. The van der Waals surface area contributed by atoms with Gasteiger partial charge in [0.05, 0.1) is 35.7 Å². The van der Waals surface area contributed by atoms with Crippen molar-refractivity contribution >= 4 is 17.6 Å². The second-order valence-corrected chi connectivity index (χ2v) is 9.67. The van der Waals surface area contributed by atoms with Crippen molar-refractivity contribution in [3.8, 4) is 22.6 Å². The van der Waals surface area contributed by atoms with Gasteiger partial charge in [0.2, 0.25) is 5.95 Å². The van der Waals surface area contributed by atoms with Crippen LogP contribution >= 0.6 is 0 Å². The molecule has 10 heteroatoms. The molecule has 9 nitrogen and oxygen atoms in total. The van der Waals surface area contributed by atoms with Crippen molar-refractivity contribution in [3.63, 3.8) is 0 Å². The van der Waals surface area contributed by atoms with Gasteiger partial charge in [0.15, 0.2) is 0 Å². The molecule has 0 bridgehead atoms. The number of halogens is 1. The molecular formula is C29H32FN5O4. The number of aliphatic carboxylic acids is 1. The molecule has 0 aliphatic carbocycles. The molecular weight excluding hydrogens is 501 g/mol. The number of benzene rings is 2. The van der Waals surface area contributed by atoms with Crippen LogP contribution in [0.4, 0.5) is 16.0 Å². The maximum atomic E-state index is 13.8. The second kappa shape index (κ2) is 12.6. The third-order valence-electron chi connectivity index (χ3n) is 6.20. The number of aromatic nitrogens is 4. The minimum absolute atomic E-state index is 0.0106. The molecule has 2 atom stereocenters. The fourth-order valence-electron chi connectivity index (χ4n) is 4.40. The molecule has 4 aromatic rings. The van der Waals surface area contributed by atoms with Crippen LogP contribution in [0.15, 0.2) is 66.9 Å². The van der Waals surface area contributed by atoms with E-state index in [4.69, 9.17) is 15.1 Å². The summed E-state index contributed by atoms with van der Waals surface area (Å²) in [5.41, 5.74) is 3.42. The van der Waals surface area contributed by atoms with Crippen molar-refractivity contribution in [3.05, 3.63) is 78.5 Å². The Hall–Kier alpha value is -4.15. The maximum absolute atomic E-state index is 13.8. The second-order valence-electron chi connectivity index (χ2n) is 9.67. The summed E-state index contributed by atoms with van der Waals surface area (Å²) >= 11 is 0. The Morgan fingerprint density at radius 3 is 2.38 bits per heavy atom. The highest BCUT2D eigenvalue weighted by atomic mass is 19.1. The van der Waals surface area contributed by atoms with Gasteiger partial charge in [0.1, 0.15) is 11.6 Å². The topological polar surface area (TPSA) is 133 Å². The number of nitrogens with zero attached hydrogens (tertiary/aromatic N) is 4. The number of aliphatic hydroxyl groups excluding tert-OH is 2. The SMILES string of the molecule is CC(C)c1nc(-c2ccc(F)cc2)c(-c2ccnc(Nc3ccccc3)n2)n1CCC(O)CC(O)CC(=O)O. The molecule has 4 N–H and O–H groups in total. The Labute approximate surface area is 226 Å². The van der Waals surface area contributed by atoms with E-state index in [9.17, 15) is 19.4 Å². The van der Waals surface area contributed by atoms with Crippen LogP contribution in [0.5, 0.6) is 0 Å². The number of para-hydroxylation sites is 1. The Bertz CT molecular complexity index is 1390. The van der Waals surface area contributed by atoms with Gasteiger partial charge in [-0.2, -0.15) is 0 Å². The van der Waals surface area contributed by atoms with Crippen LogP contribution in [0.25, 0.3) is 22.6 Å². The number of rotatable bonds is 12. The average molecular weight is 534 g/mol. The van der Waals surface area contributed by atoms with E-state index in [2.05, 4.69) is 10.3 Å². The predicted molar refractivity (Wildman–Crippen MR) is 146 cm³/mol. The normalized spacial score (nSPS) is 12.9. The minimum atomic E-state index is -1.15. The minimum Gasteiger partial charge on any atom is -0.481 e. The van der Waals surface area contributed by atoms with Crippen LogP contribution < -0.4 is 5.32 Å². The molecule has 2 aromatic heterocycles. The summed E-state index contributed by atoms with van der Waals surface area (Å²) in [5, 5.41) is 32.7. The van der Waals surface area contributed by atoms with Gasteiger partial charge in [-0.3, -0.25) is 4.79 Å². The number of carbonyl (C=O) groups is 1. The molecule has 2 unspecified atom stereocenters. The lowest BCUT2D eigenvalue weighted by atomic mass is 10.1. The van der Waals surface area contributed by atoms with Crippen molar-refractivity contribution in [2.75, 3.05) is 5.32 Å². The third-order valence-corrected chi connectivity index (χ3v) is 6.20. The van der Waals surface area contributed by atoms with E-state index in [-0.39, 0.29) is 24.6 Å². The van der Waals surface area contributed by atoms with Crippen LogP contribution in [0.1, 0.15) is 44.9 Å².